The highest BCUT2D eigenvalue weighted by Gasteiger charge is 2.51. The molecule has 0 saturated carbocycles. The van der Waals surface area contributed by atoms with Gasteiger partial charge >= 0.3 is 6.03 Å². The van der Waals surface area contributed by atoms with Crippen molar-refractivity contribution in [1.29, 1.82) is 0 Å². The van der Waals surface area contributed by atoms with Crippen LogP contribution in [0.1, 0.15) is 5.56 Å². The van der Waals surface area contributed by atoms with Crippen LogP contribution in [0.4, 0.5) is 16.2 Å². The van der Waals surface area contributed by atoms with E-state index in [1.54, 1.807) is 29.2 Å². The van der Waals surface area contributed by atoms with Crippen molar-refractivity contribution in [3.8, 4) is 5.88 Å². The van der Waals surface area contributed by atoms with Crippen LogP contribution in [0.15, 0.2) is 75.8 Å². The molecule has 3 aromatic rings. The number of anilines is 2. The molecule has 1 fully saturated rings. The van der Waals surface area contributed by atoms with Crippen LogP contribution in [0.3, 0.4) is 0 Å². The molecule has 0 bridgehead atoms. The van der Waals surface area contributed by atoms with Gasteiger partial charge in [-0.15, -0.1) is 0 Å². The van der Waals surface area contributed by atoms with Crippen molar-refractivity contribution in [3.63, 3.8) is 0 Å². The molecular weight excluding hydrogens is 502 g/mol. The molecule has 0 aliphatic carbocycles. The molecule has 6 nitrogen and oxygen atoms in total. The van der Waals surface area contributed by atoms with Crippen molar-refractivity contribution in [2.45, 2.75) is 5.72 Å². The molecule has 4 rings (SSSR count). The van der Waals surface area contributed by atoms with E-state index < -0.39 is 5.72 Å². The zero-order valence-electron chi connectivity index (χ0n) is 15.4. The van der Waals surface area contributed by atoms with E-state index in [-0.39, 0.29) is 12.6 Å². The van der Waals surface area contributed by atoms with E-state index in [9.17, 15) is 9.90 Å². The Morgan fingerprint density at radius 1 is 0.966 bits per heavy atom. The number of rotatable bonds is 4. The Kier molecular flexibility index (Phi) is 5.33. The van der Waals surface area contributed by atoms with Crippen LogP contribution in [0, 0.1) is 0 Å². The van der Waals surface area contributed by atoms with Crippen LogP contribution >= 0.6 is 31.9 Å². The summed E-state index contributed by atoms with van der Waals surface area (Å²) in [6.07, 6.45) is 1.53. The Labute approximate surface area is 185 Å². The van der Waals surface area contributed by atoms with Gasteiger partial charge < -0.3 is 9.84 Å². The van der Waals surface area contributed by atoms with E-state index in [4.69, 9.17) is 4.74 Å². The number of urea groups is 1. The lowest BCUT2D eigenvalue weighted by molar-refractivity contribution is 0.0651. The molecule has 1 aliphatic rings. The van der Waals surface area contributed by atoms with E-state index in [1.807, 2.05) is 36.4 Å². The molecule has 1 aromatic heterocycles. The summed E-state index contributed by atoms with van der Waals surface area (Å²) in [6, 6.07) is 17.7. The monoisotopic (exact) mass is 517 g/mol. The van der Waals surface area contributed by atoms with E-state index in [1.165, 1.54) is 18.2 Å². The third kappa shape index (κ3) is 3.63. The Hall–Kier alpha value is -2.42. The van der Waals surface area contributed by atoms with Gasteiger partial charge in [0, 0.05) is 38.1 Å². The van der Waals surface area contributed by atoms with Gasteiger partial charge in [-0.2, -0.15) is 0 Å². The van der Waals surface area contributed by atoms with Crippen LogP contribution in [0.2, 0.25) is 0 Å². The van der Waals surface area contributed by atoms with Crippen molar-refractivity contribution in [2.24, 2.45) is 0 Å². The second kappa shape index (κ2) is 7.78. The average molecular weight is 519 g/mol. The summed E-state index contributed by atoms with van der Waals surface area (Å²) in [6.45, 7) is 0.0531. The number of nitrogens with zero attached hydrogens (tertiary/aromatic N) is 3. The lowest BCUT2D eigenvalue weighted by atomic mass is 10.0. The zero-order chi connectivity index (χ0) is 20.6. The topological polar surface area (TPSA) is 65.9 Å². The van der Waals surface area contributed by atoms with Crippen molar-refractivity contribution in [2.75, 3.05) is 23.5 Å². The number of benzene rings is 2. The molecule has 2 amide bonds. The summed E-state index contributed by atoms with van der Waals surface area (Å²) >= 11 is 6.82. The third-order valence-electron chi connectivity index (χ3n) is 4.80. The van der Waals surface area contributed by atoms with Gasteiger partial charge in [-0.1, -0.05) is 31.9 Å². The third-order valence-corrected chi connectivity index (χ3v) is 5.86. The number of hydrogen-bond acceptors (Lipinski definition) is 4. The number of aromatic nitrogens is 1. The molecule has 1 atom stereocenters. The largest absolute Gasteiger partial charge is 0.481 e. The first-order valence-corrected chi connectivity index (χ1v) is 10.4. The first-order chi connectivity index (χ1) is 13.9. The number of amides is 2. The number of hydrogen-bond donors (Lipinski definition) is 1. The second-order valence-corrected chi connectivity index (χ2v) is 8.39. The molecule has 0 spiro atoms. The fraction of sp³-hybridized carbons (Fsp3) is 0.143. The number of aliphatic hydroxyl groups is 1. The second-order valence-electron chi connectivity index (χ2n) is 6.56. The van der Waals surface area contributed by atoms with Gasteiger partial charge in [-0.05, 0) is 54.6 Å². The average Bonchev–Trinajstić information content (AvgIpc) is 3.01. The quantitative estimate of drug-likeness (QED) is 0.533. The molecule has 1 aliphatic heterocycles. The molecule has 148 valence electrons. The van der Waals surface area contributed by atoms with E-state index in [0.29, 0.717) is 22.8 Å². The van der Waals surface area contributed by atoms with E-state index in [2.05, 4.69) is 36.8 Å². The normalized spacial score (nSPS) is 19.0. The van der Waals surface area contributed by atoms with Crippen LogP contribution < -0.4 is 14.5 Å². The zero-order valence-corrected chi connectivity index (χ0v) is 18.6. The summed E-state index contributed by atoms with van der Waals surface area (Å²) in [5, 5.41) is 11.7. The minimum absolute atomic E-state index is 0.0531. The lowest BCUT2D eigenvalue weighted by Crippen LogP contribution is -2.45. The summed E-state index contributed by atoms with van der Waals surface area (Å²) < 4.78 is 6.91. The molecule has 1 N–H and O–H groups in total. The summed E-state index contributed by atoms with van der Waals surface area (Å²) in [5.41, 5.74) is 0.167. The van der Waals surface area contributed by atoms with Gasteiger partial charge in [-0.25, -0.2) is 9.78 Å². The van der Waals surface area contributed by atoms with Crippen LogP contribution in [0.5, 0.6) is 5.88 Å². The Morgan fingerprint density at radius 2 is 1.55 bits per heavy atom. The van der Waals surface area contributed by atoms with Crippen LogP contribution in [0.25, 0.3) is 0 Å². The Balaban J connectivity index is 1.81. The molecule has 8 heteroatoms. The minimum atomic E-state index is -1.60. The SMILES string of the molecule is COc1ccc(C2(O)CN(c3ccc(Br)cc3)C(=O)N2c2ccc(Br)cc2)cn1. The standard InChI is InChI=1S/C21H17Br2N3O3/c1-29-19-11-2-14(12-24-19)21(28)13-25(17-7-3-15(22)4-8-17)20(27)26(21)18-9-5-16(23)6-10-18/h2-12,28H,13H2,1H3. The molecule has 2 heterocycles. The molecule has 0 radical (unpaired) electrons. The molecule has 1 unspecified atom stereocenters. The number of methoxy groups -OCH3 is 1. The van der Waals surface area contributed by atoms with E-state index in [0.717, 1.165) is 8.95 Å². The summed E-state index contributed by atoms with van der Waals surface area (Å²) in [5.74, 6) is 0.432. The summed E-state index contributed by atoms with van der Waals surface area (Å²) in [4.78, 5) is 20.6. The molecule has 29 heavy (non-hydrogen) atoms. The van der Waals surface area contributed by atoms with Crippen molar-refractivity contribution in [3.05, 3.63) is 81.4 Å². The number of carbonyl (C=O) groups excluding carboxylic acids is 1. The number of pyridine rings is 1. The maximum absolute atomic E-state index is 13.4. The molecule has 1 saturated heterocycles. The Morgan fingerprint density at radius 3 is 2.07 bits per heavy atom. The minimum Gasteiger partial charge on any atom is -0.481 e. The number of carbonyl (C=O) groups is 1. The highest BCUT2D eigenvalue weighted by Crippen LogP contribution is 2.40. The van der Waals surface area contributed by atoms with Gasteiger partial charge in [0.1, 0.15) is 0 Å². The summed E-state index contributed by atoms with van der Waals surface area (Å²) in [7, 11) is 1.53. The van der Waals surface area contributed by atoms with Crippen LogP contribution in [-0.4, -0.2) is 29.8 Å². The number of ether oxygens (including phenoxy) is 1. The predicted molar refractivity (Wildman–Crippen MR) is 118 cm³/mol. The van der Waals surface area contributed by atoms with Gasteiger partial charge in [-0.3, -0.25) is 9.80 Å². The Bertz CT molecular complexity index is 1030. The van der Waals surface area contributed by atoms with E-state index >= 15 is 0 Å². The highest BCUT2D eigenvalue weighted by atomic mass is 79.9. The van der Waals surface area contributed by atoms with Gasteiger partial charge in [0.15, 0.2) is 5.72 Å². The van der Waals surface area contributed by atoms with Gasteiger partial charge in [0.25, 0.3) is 0 Å². The fourth-order valence-electron chi connectivity index (χ4n) is 3.33. The van der Waals surface area contributed by atoms with Gasteiger partial charge in [0.2, 0.25) is 5.88 Å². The molecule has 2 aromatic carbocycles. The first kappa shape index (κ1) is 19.9. The maximum atomic E-state index is 13.4. The first-order valence-electron chi connectivity index (χ1n) is 8.78. The van der Waals surface area contributed by atoms with Crippen molar-refractivity contribution >= 4 is 49.3 Å². The maximum Gasteiger partial charge on any atom is 0.331 e. The van der Waals surface area contributed by atoms with Gasteiger partial charge in [0.05, 0.1) is 13.7 Å². The highest BCUT2D eigenvalue weighted by molar-refractivity contribution is 9.10. The fourth-order valence-corrected chi connectivity index (χ4v) is 3.86. The van der Waals surface area contributed by atoms with Crippen molar-refractivity contribution < 1.29 is 14.6 Å². The van der Waals surface area contributed by atoms with Crippen molar-refractivity contribution in [1.82, 2.24) is 4.98 Å². The number of β-amino-alcohol motifs (C(OH)–C–C–N with tert-alkyl or cyclic N) is 1. The van der Waals surface area contributed by atoms with Crippen LogP contribution in [-0.2, 0) is 5.72 Å². The lowest BCUT2D eigenvalue weighted by Gasteiger charge is -2.32. The predicted octanol–water partition coefficient (Wildman–Crippen LogP) is 4.91. The number of halogens is 2. The smallest absolute Gasteiger partial charge is 0.331 e. The molecular formula is C21H17Br2N3O3.